The largest absolute Gasteiger partial charge is 0.461 e. The van der Waals surface area contributed by atoms with E-state index in [4.69, 9.17) is 9.47 Å². The van der Waals surface area contributed by atoms with Crippen molar-refractivity contribution in [1.82, 2.24) is 4.90 Å². The van der Waals surface area contributed by atoms with Crippen molar-refractivity contribution < 1.29 is 24.0 Å². The molecule has 1 atom stereocenters. The second-order valence-corrected chi connectivity index (χ2v) is 9.19. The van der Waals surface area contributed by atoms with E-state index in [0.29, 0.717) is 11.1 Å². The summed E-state index contributed by atoms with van der Waals surface area (Å²) in [6.45, 7) is 5.16. The molecule has 1 aliphatic carbocycles. The van der Waals surface area contributed by atoms with Crippen molar-refractivity contribution in [3.8, 4) is 0 Å². The first-order valence-corrected chi connectivity index (χ1v) is 11.1. The monoisotopic (exact) mass is 454 g/mol. The minimum absolute atomic E-state index is 0.0596. The van der Waals surface area contributed by atoms with Crippen molar-refractivity contribution in [3.05, 3.63) is 75.8 Å². The predicted molar refractivity (Wildman–Crippen MR) is 122 cm³/mol. The molecule has 2 aromatic carbocycles. The second-order valence-electron chi connectivity index (χ2n) is 9.19. The highest BCUT2D eigenvalue weighted by Crippen LogP contribution is 2.30. The van der Waals surface area contributed by atoms with Gasteiger partial charge in [-0.05, 0) is 57.6 Å². The van der Waals surface area contributed by atoms with Gasteiger partial charge in [-0.2, -0.15) is 0 Å². The maximum absolute atomic E-state index is 13.4. The molecule has 0 heterocycles. The van der Waals surface area contributed by atoms with Gasteiger partial charge in [0.2, 0.25) is 0 Å². The number of nitrogens with zero attached hydrogens (tertiary/aromatic N) is 2. The fraction of sp³-hybridized carbons (Fsp3) is 0.440. The summed E-state index contributed by atoms with van der Waals surface area (Å²) in [5.74, 6) is -0.538. The molecule has 0 aromatic heterocycles. The highest BCUT2D eigenvalue weighted by molar-refractivity contribution is 5.83. The molecule has 1 amide bonds. The van der Waals surface area contributed by atoms with Crippen molar-refractivity contribution in [3.63, 3.8) is 0 Å². The second kappa shape index (κ2) is 10.5. The SMILES string of the molecule is CC(C)(C)OC(=O)N(Cc1cccc([N+](=O)[O-])c1)[C@H](C(=O)OC1CCCC1)c1ccccc1. The van der Waals surface area contributed by atoms with Gasteiger partial charge < -0.3 is 9.47 Å². The van der Waals surface area contributed by atoms with Crippen molar-refractivity contribution in [1.29, 1.82) is 0 Å². The number of esters is 1. The molecule has 3 rings (SSSR count). The number of nitro benzene ring substituents is 1. The molecule has 0 spiro atoms. The highest BCUT2D eigenvalue weighted by Gasteiger charge is 2.37. The molecule has 2 aromatic rings. The summed E-state index contributed by atoms with van der Waals surface area (Å²) in [4.78, 5) is 38.7. The third-order valence-corrected chi connectivity index (χ3v) is 5.34. The van der Waals surface area contributed by atoms with Gasteiger partial charge in [0.25, 0.3) is 5.69 Å². The van der Waals surface area contributed by atoms with Crippen molar-refractivity contribution >= 4 is 17.7 Å². The Labute approximate surface area is 193 Å². The Bertz CT molecular complexity index is 980. The Morgan fingerprint density at radius 1 is 1.09 bits per heavy atom. The number of carbonyl (C=O) groups excluding carboxylic acids is 2. The molecule has 0 radical (unpaired) electrons. The van der Waals surface area contributed by atoms with Crippen molar-refractivity contribution in [2.45, 2.75) is 70.7 Å². The molecule has 0 bridgehead atoms. The minimum atomic E-state index is -1.05. The van der Waals surface area contributed by atoms with Crippen molar-refractivity contribution in [2.75, 3.05) is 0 Å². The molecule has 8 heteroatoms. The topological polar surface area (TPSA) is 99.0 Å². The Morgan fingerprint density at radius 3 is 2.36 bits per heavy atom. The van der Waals surface area contributed by atoms with E-state index in [1.807, 2.05) is 6.07 Å². The van der Waals surface area contributed by atoms with Gasteiger partial charge in [0, 0.05) is 12.1 Å². The van der Waals surface area contributed by atoms with E-state index in [-0.39, 0.29) is 18.3 Å². The van der Waals surface area contributed by atoms with Crippen LogP contribution in [0.2, 0.25) is 0 Å². The van der Waals surface area contributed by atoms with Crippen LogP contribution in [0.25, 0.3) is 0 Å². The number of rotatable bonds is 7. The van der Waals surface area contributed by atoms with Crippen LogP contribution in [0.15, 0.2) is 54.6 Å². The zero-order valence-corrected chi connectivity index (χ0v) is 19.2. The first-order chi connectivity index (χ1) is 15.6. The Morgan fingerprint density at radius 2 is 1.76 bits per heavy atom. The standard InChI is InChI=1S/C25H30N2O6/c1-25(2,3)33-24(29)26(17-18-10-9-13-20(16-18)27(30)31)22(19-11-5-4-6-12-19)23(28)32-21-14-7-8-15-21/h4-6,9-13,16,21-22H,7-8,14-15,17H2,1-3H3/t22-/m0/s1. The first-order valence-electron chi connectivity index (χ1n) is 11.1. The lowest BCUT2D eigenvalue weighted by Gasteiger charge is -2.33. The van der Waals surface area contributed by atoms with E-state index in [2.05, 4.69) is 0 Å². The summed E-state index contributed by atoms with van der Waals surface area (Å²) in [5, 5.41) is 11.2. The maximum atomic E-state index is 13.4. The van der Waals surface area contributed by atoms with Gasteiger partial charge >= 0.3 is 12.1 Å². The Balaban J connectivity index is 2.00. The summed E-state index contributed by atoms with van der Waals surface area (Å²) in [6, 6.07) is 13.8. The number of ether oxygens (including phenoxy) is 2. The van der Waals surface area contributed by atoms with Crippen LogP contribution < -0.4 is 0 Å². The molecule has 33 heavy (non-hydrogen) atoms. The van der Waals surface area contributed by atoms with E-state index in [1.165, 1.54) is 17.0 Å². The number of hydrogen-bond acceptors (Lipinski definition) is 6. The molecular formula is C25H30N2O6. The number of benzene rings is 2. The minimum Gasteiger partial charge on any atom is -0.461 e. The van der Waals surface area contributed by atoms with Crippen LogP contribution in [0.4, 0.5) is 10.5 Å². The smallest absolute Gasteiger partial charge is 0.411 e. The Hall–Kier alpha value is -3.42. The average molecular weight is 455 g/mol. The van der Waals surface area contributed by atoms with Crippen LogP contribution in [0, 0.1) is 10.1 Å². The predicted octanol–water partition coefficient (Wildman–Crippen LogP) is 5.56. The molecule has 0 unspecified atom stereocenters. The number of non-ortho nitro benzene ring substituents is 1. The molecule has 8 nitrogen and oxygen atoms in total. The molecule has 1 saturated carbocycles. The quantitative estimate of drug-likeness (QED) is 0.309. The molecule has 1 aliphatic rings. The fourth-order valence-electron chi connectivity index (χ4n) is 3.86. The van der Waals surface area contributed by atoms with Crippen LogP contribution in [-0.4, -0.2) is 33.6 Å². The number of nitro groups is 1. The fourth-order valence-corrected chi connectivity index (χ4v) is 3.86. The number of amides is 1. The van der Waals surface area contributed by atoms with Gasteiger partial charge in [-0.3, -0.25) is 15.0 Å². The molecule has 0 N–H and O–H groups in total. The van der Waals surface area contributed by atoms with Gasteiger partial charge in [0.05, 0.1) is 11.5 Å². The lowest BCUT2D eigenvalue weighted by molar-refractivity contribution is -0.384. The number of hydrogen-bond donors (Lipinski definition) is 0. The summed E-state index contributed by atoms with van der Waals surface area (Å²) >= 11 is 0. The van der Waals surface area contributed by atoms with Crippen LogP contribution in [0.5, 0.6) is 0 Å². The lowest BCUT2D eigenvalue weighted by atomic mass is 10.0. The first kappa shape index (κ1) is 24.2. The van der Waals surface area contributed by atoms with Gasteiger partial charge in [-0.15, -0.1) is 0 Å². The van der Waals surface area contributed by atoms with E-state index in [0.717, 1.165) is 25.7 Å². The van der Waals surface area contributed by atoms with E-state index in [9.17, 15) is 19.7 Å². The highest BCUT2D eigenvalue weighted by atomic mass is 16.6. The van der Waals surface area contributed by atoms with Crippen LogP contribution in [0.1, 0.15) is 63.6 Å². The van der Waals surface area contributed by atoms with Gasteiger partial charge in [0.1, 0.15) is 11.7 Å². The van der Waals surface area contributed by atoms with Crippen LogP contribution in [0.3, 0.4) is 0 Å². The van der Waals surface area contributed by atoms with Gasteiger partial charge in [0.15, 0.2) is 6.04 Å². The Kier molecular flexibility index (Phi) is 7.68. The molecule has 0 saturated heterocycles. The molecular weight excluding hydrogens is 424 g/mol. The zero-order chi connectivity index (χ0) is 24.0. The maximum Gasteiger partial charge on any atom is 0.411 e. The molecule has 1 fully saturated rings. The normalized spacial score (nSPS) is 15.0. The third kappa shape index (κ3) is 6.78. The summed E-state index contributed by atoms with van der Waals surface area (Å²) < 4.78 is 11.4. The van der Waals surface area contributed by atoms with Crippen molar-refractivity contribution in [2.24, 2.45) is 0 Å². The van der Waals surface area contributed by atoms with Crippen LogP contribution >= 0.6 is 0 Å². The number of carbonyl (C=O) groups is 2. The van der Waals surface area contributed by atoms with Gasteiger partial charge in [-0.1, -0.05) is 42.5 Å². The summed E-state index contributed by atoms with van der Waals surface area (Å²) in [7, 11) is 0. The third-order valence-electron chi connectivity index (χ3n) is 5.34. The average Bonchev–Trinajstić information content (AvgIpc) is 3.26. The lowest BCUT2D eigenvalue weighted by Crippen LogP contribution is -2.43. The zero-order valence-electron chi connectivity index (χ0n) is 19.2. The van der Waals surface area contributed by atoms with Gasteiger partial charge in [-0.25, -0.2) is 9.59 Å². The van der Waals surface area contributed by atoms with E-state index in [1.54, 1.807) is 57.2 Å². The molecule has 176 valence electrons. The van der Waals surface area contributed by atoms with E-state index >= 15 is 0 Å². The summed E-state index contributed by atoms with van der Waals surface area (Å²) in [6.07, 6.45) is 2.71. The van der Waals surface area contributed by atoms with Crippen LogP contribution in [-0.2, 0) is 20.8 Å². The summed E-state index contributed by atoms with van der Waals surface area (Å²) in [5.41, 5.74) is 0.192. The van der Waals surface area contributed by atoms with E-state index < -0.39 is 28.6 Å². The molecule has 0 aliphatic heterocycles.